The first kappa shape index (κ1) is 8.85. The smallest absolute Gasteiger partial charge is 0.265 e. The average Bonchev–Trinajstić information content (AvgIpc) is 0.918. The maximum absolute atomic E-state index is 9.61. The Balaban J connectivity index is 0. The van der Waals surface area contributed by atoms with Gasteiger partial charge in [0.1, 0.15) is 0 Å². The summed E-state index contributed by atoms with van der Waals surface area (Å²) in [5.74, 6) is 0. The molecule has 0 saturated carbocycles. The van der Waals surface area contributed by atoms with E-state index in [9.17, 15) is 4.39 Å². The summed E-state index contributed by atoms with van der Waals surface area (Å²) in [6.07, 6.45) is 0. The van der Waals surface area contributed by atoms with E-state index in [1.165, 1.54) is 0 Å². The van der Waals surface area contributed by atoms with Crippen molar-refractivity contribution in [3.05, 3.63) is 0 Å². The van der Waals surface area contributed by atoms with E-state index in [4.69, 9.17) is 4.79 Å². The van der Waals surface area contributed by atoms with Crippen LogP contribution in [0, 0.1) is 0 Å². The molecule has 0 unspecified atom stereocenters. The number of carbonyl (C=O) groups excluding carboxylic acids is 1. The summed E-state index contributed by atoms with van der Waals surface area (Å²) in [5, 5.41) is 0. The zero-order valence-electron chi connectivity index (χ0n) is 1.86. The quantitative estimate of drug-likeness (QED) is 0.238. The maximum Gasteiger partial charge on any atom is 0.289 e. The fraction of sp³-hybridized carbons (Fsp3) is 0. The van der Waals surface area contributed by atoms with Crippen LogP contribution in [0.2, 0.25) is 0 Å². The molecular formula is CHFOTi. The van der Waals surface area contributed by atoms with Crippen molar-refractivity contribution in [3.63, 3.8) is 0 Å². The molecule has 0 bridgehead atoms. The van der Waals surface area contributed by atoms with E-state index in [0.717, 1.165) is 0 Å². The number of hydrogen-bond acceptors (Lipinski definition) is 1. The van der Waals surface area contributed by atoms with E-state index in [1.54, 1.807) is 0 Å². The summed E-state index contributed by atoms with van der Waals surface area (Å²) < 4.78 is 9.61. The molecular weight excluding hydrogens is 94.9 g/mol. The molecule has 0 radical (unpaired) electrons. The van der Waals surface area contributed by atoms with Crippen LogP contribution >= 0.6 is 0 Å². The molecule has 0 aliphatic carbocycles. The second kappa shape index (κ2) is 10.3. The second-order valence-electron chi connectivity index (χ2n) is 0.0891. The van der Waals surface area contributed by atoms with Gasteiger partial charge in [-0.1, -0.05) is 0 Å². The van der Waals surface area contributed by atoms with E-state index in [1.807, 2.05) is 0 Å². The van der Waals surface area contributed by atoms with Crippen molar-refractivity contribution in [2.24, 2.45) is 0 Å². The van der Waals surface area contributed by atoms with Gasteiger partial charge >= 0.3 is 0 Å². The van der Waals surface area contributed by atoms with Crippen LogP contribution in [-0.2, 0) is 26.5 Å². The molecule has 0 N–H and O–H groups in total. The van der Waals surface area contributed by atoms with Crippen molar-refractivity contribution in [1.82, 2.24) is 0 Å². The van der Waals surface area contributed by atoms with Gasteiger partial charge in [-0.25, -0.2) is 0 Å². The summed E-state index contributed by atoms with van der Waals surface area (Å²) in [7, 11) is 0. The molecule has 0 heterocycles. The predicted molar refractivity (Wildman–Crippen MR) is 7.86 cm³/mol. The average molecular weight is 95.9 g/mol. The van der Waals surface area contributed by atoms with Crippen LogP contribution in [0.3, 0.4) is 0 Å². The van der Waals surface area contributed by atoms with Gasteiger partial charge in [0.05, 0.1) is 0 Å². The molecule has 1 nitrogen and oxygen atoms in total. The standard InChI is InChI=1S/CHFO.Ti/c2-1-3;/h1H;. The second-order valence-corrected chi connectivity index (χ2v) is 0.0891. The molecule has 0 saturated heterocycles. The summed E-state index contributed by atoms with van der Waals surface area (Å²) in [6.45, 7) is -0.750. The Hall–Kier alpha value is 0.314. The molecule has 0 aromatic rings. The van der Waals surface area contributed by atoms with Gasteiger partial charge in [-0.2, -0.15) is 4.39 Å². The molecule has 0 amide bonds. The molecule has 3 heteroatoms. The van der Waals surface area contributed by atoms with Crippen molar-refractivity contribution in [2.75, 3.05) is 0 Å². The fourth-order valence-electron chi connectivity index (χ4n) is 0. The van der Waals surface area contributed by atoms with E-state index in [2.05, 4.69) is 0 Å². The van der Waals surface area contributed by atoms with Crippen LogP contribution in [0.5, 0.6) is 0 Å². The van der Waals surface area contributed by atoms with Crippen LogP contribution in [0.1, 0.15) is 0 Å². The third-order valence-corrected chi connectivity index (χ3v) is 0. The van der Waals surface area contributed by atoms with E-state index in [-0.39, 0.29) is 21.7 Å². The van der Waals surface area contributed by atoms with Crippen LogP contribution in [0.15, 0.2) is 0 Å². The van der Waals surface area contributed by atoms with Crippen molar-refractivity contribution in [1.29, 1.82) is 0 Å². The Morgan fingerprint density at radius 2 is 1.75 bits per heavy atom. The molecule has 0 aliphatic rings. The van der Waals surface area contributed by atoms with Crippen LogP contribution < -0.4 is 0 Å². The van der Waals surface area contributed by atoms with Crippen LogP contribution in [0.4, 0.5) is 4.39 Å². The van der Waals surface area contributed by atoms with Gasteiger partial charge in [0, 0.05) is 21.7 Å². The third-order valence-electron chi connectivity index (χ3n) is 0. The van der Waals surface area contributed by atoms with E-state index >= 15 is 0 Å². The van der Waals surface area contributed by atoms with Crippen molar-refractivity contribution < 1.29 is 30.9 Å². The Bertz CT molecular complexity index is 15.5. The van der Waals surface area contributed by atoms with E-state index < -0.39 is 6.54 Å². The molecule has 0 fully saturated rings. The minimum absolute atomic E-state index is 0. The number of halogens is 1. The molecule has 0 spiro atoms. The van der Waals surface area contributed by atoms with Gasteiger partial charge in [-0.15, -0.1) is 0 Å². The van der Waals surface area contributed by atoms with E-state index in [0.29, 0.717) is 0 Å². The Labute approximate surface area is 38.1 Å². The zero-order chi connectivity index (χ0) is 2.71. The molecule has 22 valence electrons. The molecule has 0 aromatic carbocycles. The third kappa shape index (κ3) is 40.5. The SMILES string of the molecule is O=CF.[Ti]. The maximum atomic E-state index is 9.61. The monoisotopic (exact) mass is 95.9 g/mol. The van der Waals surface area contributed by atoms with Gasteiger partial charge in [0.25, 0.3) is 6.54 Å². The zero-order valence-corrected chi connectivity index (χ0v) is 3.43. The van der Waals surface area contributed by atoms with Gasteiger partial charge in [0.2, 0.25) is 0 Å². The fourth-order valence-corrected chi connectivity index (χ4v) is 0. The van der Waals surface area contributed by atoms with Gasteiger partial charge in [0.15, 0.2) is 0 Å². The normalized spacial score (nSPS) is 3.25. The number of rotatable bonds is 0. The minimum atomic E-state index is -0.750. The Morgan fingerprint density at radius 1 is 1.75 bits per heavy atom. The molecule has 0 atom stereocenters. The molecule has 4 heavy (non-hydrogen) atoms. The Morgan fingerprint density at radius 3 is 1.75 bits per heavy atom. The summed E-state index contributed by atoms with van der Waals surface area (Å²) in [6, 6.07) is 0. The van der Waals surface area contributed by atoms with Crippen molar-refractivity contribution in [2.45, 2.75) is 0 Å². The van der Waals surface area contributed by atoms with Crippen molar-refractivity contribution in [3.8, 4) is 0 Å². The number of carbonyl (C=O) groups is 1. The summed E-state index contributed by atoms with van der Waals surface area (Å²) in [5.41, 5.74) is 0. The van der Waals surface area contributed by atoms with Crippen molar-refractivity contribution >= 4 is 6.54 Å². The van der Waals surface area contributed by atoms with Gasteiger partial charge in [-0.3, -0.25) is 4.79 Å². The topological polar surface area (TPSA) is 17.1 Å². The summed E-state index contributed by atoms with van der Waals surface area (Å²) >= 11 is 0. The van der Waals surface area contributed by atoms with Crippen LogP contribution in [-0.4, -0.2) is 6.54 Å². The Kier molecular flexibility index (Phi) is 22.7. The van der Waals surface area contributed by atoms with Crippen LogP contribution in [0.25, 0.3) is 0 Å². The largest absolute Gasteiger partial charge is 0.289 e. The summed E-state index contributed by atoms with van der Waals surface area (Å²) in [4.78, 5) is 8.14. The predicted octanol–water partition coefficient (Wildman–Crippen LogP) is 0.144. The first-order valence-electron chi connectivity index (χ1n) is 0.454. The molecule has 0 aromatic heterocycles. The molecule has 0 rings (SSSR count). The van der Waals surface area contributed by atoms with Gasteiger partial charge < -0.3 is 0 Å². The first-order valence-corrected chi connectivity index (χ1v) is 0.454. The van der Waals surface area contributed by atoms with Gasteiger partial charge in [-0.05, 0) is 0 Å². The molecule has 0 aliphatic heterocycles. The number of hydrogen-bond donors (Lipinski definition) is 0. The first-order chi connectivity index (χ1) is 1.41. The minimum Gasteiger partial charge on any atom is -0.265 e.